The highest BCUT2D eigenvalue weighted by Gasteiger charge is 2.39. The molecule has 4 heteroatoms. The molecule has 94 valence electrons. The Bertz CT molecular complexity index is 422. The van der Waals surface area contributed by atoms with Crippen LogP contribution in [0.5, 0.6) is 11.5 Å². The number of hydrogen-bond acceptors (Lipinski definition) is 3. The third-order valence-electron chi connectivity index (χ3n) is 3.44. The summed E-state index contributed by atoms with van der Waals surface area (Å²) in [7, 11) is 3.15. The maximum atomic E-state index is 14.8. The van der Waals surface area contributed by atoms with Crippen LogP contribution >= 0.6 is 0 Å². The van der Waals surface area contributed by atoms with E-state index in [1.54, 1.807) is 20.3 Å². The van der Waals surface area contributed by atoms with Gasteiger partial charge in [-0.2, -0.15) is 0 Å². The first-order valence-corrected chi connectivity index (χ1v) is 5.79. The highest BCUT2D eigenvalue weighted by molar-refractivity contribution is 5.53. The van der Waals surface area contributed by atoms with Crippen LogP contribution in [0.3, 0.4) is 0 Å². The minimum Gasteiger partial charge on any atom is -0.496 e. The third-order valence-corrected chi connectivity index (χ3v) is 3.44. The van der Waals surface area contributed by atoms with Crippen molar-refractivity contribution in [3.8, 4) is 11.5 Å². The summed E-state index contributed by atoms with van der Waals surface area (Å²) in [5, 5.41) is 0. The summed E-state index contributed by atoms with van der Waals surface area (Å²) in [5.41, 5.74) is 5.57. The third kappa shape index (κ3) is 1.86. The van der Waals surface area contributed by atoms with Crippen molar-refractivity contribution in [1.82, 2.24) is 0 Å². The van der Waals surface area contributed by atoms with Crippen molar-refractivity contribution in [3.05, 3.63) is 23.3 Å². The van der Waals surface area contributed by atoms with E-state index in [1.165, 1.54) is 0 Å². The van der Waals surface area contributed by atoms with Gasteiger partial charge in [-0.1, -0.05) is 0 Å². The fourth-order valence-corrected chi connectivity index (χ4v) is 2.58. The molecule has 0 aliphatic heterocycles. The molecule has 1 aromatic rings. The van der Waals surface area contributed by atoms with Gasteiger partial charge >= 0.3 is 0 Å². The van der Waals surface area contributed by atoms with Crippen molar-refractivity contribution >= 4 is 0 Å². The number of hydrogen-bond donors (Lipinski definition) is 1. The van der Waals surface area contributed by atoms with Gasteiger partial charge in [-0.3, -0.25) is 0 Å². The molecule has 1 aliphatic rings. The summed E-state index contributed by atoms with van der Waals surface area (Å²) < 4.78 is 25.3. The molecule has 0 bridgehead atoms. The fourth-order valence-electron chi connectivity index (χ4n) is 2.58. The second kappa shape index (κ2) is 4.53. The van der Waals surface area contributed by atoms with Crippen LogP contribution < -0.4 is 15.2 Å². The Kier molecular flexibility index (Phi) is 3.24. The summed E-state index contributed by atoms with van der Waals surface area (Å²) >= 11 is 0. The van der Waals surface area contributed by atoms with Crippen LogP contribution in [0.25, 0.3) is 0 Å². The topological polar surface area (TPSA) is 44.5 Å². The second-order valence-corrected chi connectivity index (χ2v) is 4.35. The van der Waals surface area contributed by atoms with E-state index in [2.05, 4.69) is 0 Å². The number of methoxy groups -OCH3 is 2. The van der Waals surface area contributed by atoms with Gasteiger partial charge in [-0.15, -0.1) is 0 Å². The number of alkyl halides is 1. The van der Waals surface area contributed by atoms with Gasteiger partial charge < -0.3 is 15.2 Å². The molecule has 3 nitrogen and oxygen atoms in total. The molecule has 1 aliphatic carbocycles. The van der Waals surface area contributed by atoms with Crippen LogP contribution in [0.4, 0.5) is 4.39 Å². The molecule has 0 fully saturated rings. The van der Waals surface area contributed by atoms with Gasteiger partial charge in [-0.05, 0) is 31.4 Å². The van der Waals surface area contributed by atoms with Crippen molar-refractivity contribution in [2.24, 2.45) is 5.73 Å². The molecule has 0 heterocycles. The molecule has 0 saturated carbocycles. The van der Waals surface area contributed by atoms with Crippen molar-refractivity contribution in [2.45, 2.75) is 24.9 Å². The van der Waals surface area contributed by atoms with Gasteiger partial charge in [0, 0.05) is 17.7 Å². The lowest BCUT2D eigenvalue weighted by Crippen LogP contribution is -2.34. The molecule has 0 saturated heterocycles. The molecular formula is C13H18FNO2. The Morgan fingerprint density at radius 3 is 2.53 bits per heavy atom. The largest absolute Gasteiger partial charge is 0.496 e. The zero-order chi connectivity index (χ0) is 12.5. The second-order valence-electron chi connectivity index (χ2n) is 4.35. The Hall–Kier alpha value is -1.29. The number of nitrogens with two attached hydrogens (primary N) is 1. The quantitative estimate of drug-likeness (QED) is 0.879. The molecule has 17 heavy (non-hydrogen) atoms. The van der Waals surface area contributed by atoms with Gasteiger partial charge in [0.15, 0.2) is 5.67 Å². The van der Waals surface area contributed by atoms with Crippen molar-refractivity contribution in [3.63, 3.8) is 0 Å². The highest BCUT2D eigenvalue weighted by Crippen LogP contribution is 2.46. The average Bonchev–Trinajstić information content (AvgIpc) is 2.38. The van der Waals surface area contributed by atoms with Crippen molar-refractivity contribution < 1.29 is 13.9 Å². The van der Waals surface area contributed by atoms with E-state index in [4.69, 9.17) is 15.2 Å². The van der Waals surface area contributed by atoms with E-state index in [1.807, 2.05) is 6.07 Å². The molecule has 2 rings (SSSR count). The lowest BCUT2D eigenvalue weighted by atomic mass is 9.79. The van der Waals surface area contributed by atoms with Gasteiger partial charge in [0.05, 0.1) is 14.2 Å². The smallest absolute Gasteiger partial charge is 0.152 e. The van der Waals surface area contributed by atoms with Crippen LogP contribution in [0.2, 0.25) is 0 Å². The van der Waals surface area contributed by atoms with Gasteiger partial charge in [0.1, 0.15) is 11.5 Å². The van der Waals surface area contributed by atoms with E-state index in [0.29, 0.717) is 17.7 Å². The van der Waals surface area contributed by atoms with Crippen LogP contribution in [0.15, 0.2) is 12.1 Å². The Morgan fingerprint density at radius 1 is 1.29 bits per heavy atom. The Morgan fingerprint density at radius 2 is 1.94 bits per heavy atom. The van der Waals surface area contributed by atoms with E-state index in [9.17, 15) is 4.39 Å². The highest BCUT2D eigenvalue weighted by atomic mass is 19.1. The first kappa shape index (κ1) is 12.2. The lowest BCUT2D eigenvalue weighted by Gasteiger charge is -2.33. The van der Waals surface area contributed by atoms with Crippen LogP contribution in [-0.2, 0) is 12.1 Å². The molecule has 1 unspecified atom stereocenters. The summed E-state index contributed by atoms with van der Waals surface area (Å²) in [6, 6.07) is 3.56. The summed E-state index contributed by atoms with van der Waals surface area (Å²) in [6.07, 6.45) is 2.03. The molecular weight excluding hydrogens is 221 g/mol. The lowest BCUT2D eigenvalue weighted by molar-refractivity contribution is 0.140. The zero-order valence-corrected chi connectivity index (χ0v) is 10.3. The van der Waals surface area contributed by atoms with Crippen molar-refractivity contribution in [1.29, 1.82) is 0 Å². The summed E-state index contributed by atoms with van der Waals surface area (Å²) in [6.45, 7) is -0.0243. The molecule has 0 aromatic heterocycles. The minimum atomic E-state index is -1.49. The maximum absolute atomic E-state index is 14.8. The van der Waals surface area contributed by atoms with E-state index in [-0.39, 0.29) is 6.54 Å². The maximum Gasteiger partial charge on any atom is 0.152 e. The standard InChI is InChI=1S/C13H18FNO2/c1-16-10-5-6-11(17-2)12-9(10)4-3-7-13(12,14)8-15/h5-6H,3-4,7-8,15H2,1-2H3. The normalized spacial score (nSPS) is 23.1. The summed E-state index contributed by atoms with van der Waals surface area (Å²) in [5.74, 6) is 1.28. The molecule has 0 radical (unpaired) electrons. The number of ether oxygens (including phenoxy) is 2. The monoisotopic (exact) mass is 239 g/mol. The first-order chi connectivity index (χ1) is 8.16. The fraction of sp³-hybridized carbons (Fsp3) is 0.538. The molecule has 0 spiro atoms. The van der Waals surface area contributed by atoms with Crippen LogP contribution in [0.1, 0.15) is 24.0 Å². The Labute approximate surface area is 101 Å². The van der Waals surface area contributed by atoms with Gasteiger partial charge in [-0.25, -0.2) is 4.39 Å². The van der Waals surface area contributed by atoms with Crippen molar-refractivity contribution in [2.75, 3.05) is 20.8 Å². The van der Waals surface area contributed by atoms with E-state index < -0.39 is 5.67 Å². The molecule has 2 N–H and O–H groups in total. The molecule has 0 amide bonds. The summed E-state index contributed by atoms with van der Waals surface area (Å²) in [4.78, 5) is 0. The zero-order valence-electron chi connectivity index (χ0n) is 10.3. The SMILES string of the molecule is COc1ccc(OC)c2c1CCCC2(F)CN. The van der Waals surface area contributed by atoms with Crippen LogP contribution in [-0.4, -0.2) is 20.8 Å². The van der Waals surface area contributed by atoms with E-state index >= 15 is 0 Å². The predicted molar refractivity (Wildman–Crippen MR) is 64.3 cm³/mol. The van der Waals surface area contributed by atoms with E-state index in [0.717, 1.165) is 24.2 Å². The van der Waals surface area contributed by atoms with Gasteiger partial charge in [0.2, 0.25) is 0 Å². The number of benzene rings is 1. The molecule has 1 aromatic carbocycles. The average molecular weight is 239 g/mol. The van der Waals surface area contributed by atoms with Gasteiger partial charge in [0.25, 0.3) is 0 Å². The number of rotatable bonds is 3. The predicted octanol–water partition coefficient (Wildman–Crippen LogP) is 2.16. The Balaban J connectivity index is 2.64. The number of fused-ring (bicyclic) bond motifs is 1. The first-order valence-electron chi connectivity index (χ1n) is 5.79. The minimum absolute atomic E-state index is 0.0243. The van der Waals surface area contributed by atoms with Crippen LogP contribution in [0, 0.1) is 0 Å². The number of halogens is 1. The molecule has 1 atom stereocenters.